The third kappa shape index (κ3) is 6.68. The molecule has 1 fully saturated rings. The molecule has 4 rings (SSSR count). The minimum absolute atomic E-state index is 0.00361. The van der Waals surface area contributed by atoms with Gasteiger partial charge < -0.3 is 19.9 Å². The smallest absolute Gasteiger partial charge is 0.410 e. The molecule has 1 saturated heterocycles. The maximum Gasteiger partial charge on any atom is 0.410 e. The second kappa shape index (κ2) is 12.2. The largest absolute Gasteiger partial charge is 0.438 e. The Morgan fingerprint density at radius 3 is 2.51 bits per heavy atom. The lowest BCUT2D eigenvalue weighted by atomic mass is 9.99. The molecule has 1 aliphatic rings. The van der Waals surface area contributed by atoms with Crippen LogP contribution in [0.1, 0.15) is 55.9 Å². The number of piperidine rings is 1. The van der Waals surface area contributed by atoms with Crippen molar-refractivity contribution in [2.75, 3.05) is 19.6 Å². The molecular formula is C29H36N6O4. The Labute approximate surface area is 228 Å². The molecule has 0 aliphatic carbocycles. The lowest BCUT2D eigenvalue weighted by Gasteiger charge is -2.38. The highest BCUT2D eigenvalue weighted by Crippen LogP contribution is 2.22. The highest BCUT2D eigenvalue weighted by Gasteiger charge is 2.31. The van der Waals surface area contributed by atoms with Gasteiger partial charge in [0.25, 0.3) is 0 Å². The second-order valence-electron chi connectivity index (χ2n) is 10.3. The number of hydrogen-bond acceptors (Lipinski definition) is 7. The zero-order valence-corrected chi connectivity index (χ0v) is 23.0. The van der Waals surface area contributed by atoms with Crippen molar-refractivity contribution >= 4 is 34.5 Å². The molecule has 1 atom stereocenters. The summed E-state index contributed by atoms with van der Waals surface area (Å²) >= 11 is 0. The highest BCUT2D eigenvalue weighted by atomic mass is 16.6. The van der Waals surface area contributed by atoms with E-state index in [4.69, 9.17) is 10.1 Å². The summed E-state index contributed by atoms with van der Waals surface area (Å²) in [5, 5.41) is 18.9. The van der Waals surface area contributed by atoms with Gasteiger partial charge >= 0.3 is 6.09 Å². The van der Waals surface area contributed by atoms with Crippen molar-refractivity contribution in [1.82, 2.24) is 25.2 Å². The first-order chi connectivity index (χ1) is 18.6. The van der Waals surface area contributed by atoms with Crippen molar-refractivity contribution in [1.29, 1.82) is 5.41 Å². The molecule has 0 unspecified atom stereocenters. The van der Waals surface area contributed by atoms with Gasteiger partial charge in [-0.15, -0.1) is 0 Å². The van der Waals surface area contributed by atoms with Crippen molar-refractivity contribution in [2.45, 2.75) is 65.5 Å². The fourth-order valence-electron chi connectivity index (χ4n) is 5.29. The van der Waals surface area contributed by atoms with Crippen LogP contribution in [0.4, 0.5) is 4.79 Å². The summed E-state index contributed by atoms with van der Waals surface area (Å²) < 4.78 is 5.67. The number of benzene rings is 2. The number of hydrogen-bond donors (Lipinski definition) is 2. The third-order valence-electron chi connectivity index (χ3n) is 7.40. The number of carbonyl (C=O) groups excluding carboxylic acids is 3. The summed E-state index contributed by atoms with van der Waals surface area (Å²) in [6.07, 6.45) is 0.770. The number of amides is 2. The van der Waals surface area contributed by atoms with Crippen LogP contribution in [0.15, 0.2) is 36.4 Å². The van der Waals surface area contributed by atoms with Crippen LogP contribution in [0.3, 0.4) is 0 Å². The third-order valence-corrected chi connectivity index (χ3v) is 7.40. The van der Waals surface area contributed by atoms with Crippen LogP contribution in [-0.4, -0.2) is 80.5 Å². The van der Waals surface area contributed by atoms with Gasteiger partial charge in [0.15, 0.2) is 11.9 Å². The van der Waals surface area contributed by atoms with Gasteiger partial charge in [0.1, 0.15) is 11.0 Å². The van der Waals surface area contributed by atoms with Gasteiger partial charge in [-0.25, -0.2) is 4.79 Å². The average molecular weight is 533 g/mol. The maximum atomic E-state index is 13.0. The van der Waals surface area contributed by atoms with E-state index in [9.17, 15) is 14.4 Å². The van der Waals surface area contributed by atoms with Crippen LogP contribution in [0, 0.1) is 12.3 Å². The van der Waals surface area contributed by atoms with E-state index in [2.05, 4.69) is 15.4 Å². The molecule has 2 N–H and O–H groups in total. The molecule has 2 amide bonds. The van der Waals surface area contributed by atoms with Gasteiger partial charge in [-0.05, 0) is 68.4 Å². The molecule has 3 aromatic rings. The Morgan fingerprint density at radius 1 is 1.13 bits per heavy atom. The molecule has 39 heavy (non-hydrogen) atoms. The van der Waals surface area contributed by atoms with Gasteiger partial charge in [-0.2, -0.15) is 15.4 Å². The number of carbonyl (C=O) groups is 3. The number of H-pyrrole nitrogens is 1. The van der Waals surface area contributed by atoms with E-state index < -0.39 is 12.2 Å². The van der Waals surface area contributed by atoms with Crippen molar-refractivity contribution in [3.63, 3.8) is 0 Å². The molecule has 2 heterocycles. The molecule has 206 valence electrons. The van der Waals surface area contributed by atoms with Gasteiger partial charge in [0, 0.05) is 44.7 Å². The number of ketones is 1. The van der Waals surface area contributed by atoms with Gasteiger partial charge in [-0.3, -0.25) is 9.59 Å². The summed E-state index contributed by atoms with van der Waals surface area (Å²) in [6, 6.07) is 11.6. The summed E-state index contributed by atoms with van der Waals surface area (Å²) in [5.41, 5.74) is 5.69. The number of rotatable bonds is 9. The van der Waals surface area contributed by atoms with E-state index in [0.717, 1.165) is 27.8 Å². The van der Waals surface area contributed by atoms with E-state index >= 15 is 0 Å². The zero-order chi connectivity index (χ0) is 28.1. The normalized spacial score (nSPS) is 14.7. The number of fused-ring (bicyclic) bond motifs is 1. The molecular weight excluding hydrogens is 496 g/mol. The standard InChI is InChI=1S/C29H36N6O4/c1-18-15-22(16-26-28(18)32-33-31-26)17-27(20(3)36)39-29(38)34-12-10-24(11-13-34)35(21(4)37)14-9-23-7-5-6-8-25(23)19(2)30/h5-8,15-16,24,27,30H,9-14,17H2,1-4H3,(H,31,32,33)/t27-/m1/s1. The highest BCUT2D eigenvalue weighted by molar-refractivity contribution is 5.97. The predicted octanol–water partition coefficient (Wildman–Crippen LogP) is 3.85. The van der Waals surface area contributed by atoms with E-state index in [1.165, 1.54) is 6.92 Å². The van der Waals surface area contributed by atoms with Crippen LogP contribution < -0.4 is 0 Å². The van der Waals surface area contributed by atoms with Crippen molar-refractivity contribution in [3.8, 4) is 0 Å². The first kappa shape index (κ1) is 27.9. The fourth-order valence-corrected chi connectivity index (χ4v) is 5.29. The van der Waals surface area contributed by atoms with E-state index in [1.54, 1.807) is 18.7 Å². The average Bonchev–Trinajstić information content (AvgIpc) is 3.38. The summed E-state index contributed by atoms with van der Waals surface area (Å²) in [7, 11) is 0. The molecule has 0 bridgehead atoms. The maximum absolute atomic E-state index is 13.0. The number of aromatic amines is 1. The van der Waals surface area contributed by atoms with E-state index in [1.807, 2.05) is 48.2 Å². The first-order valence-electron chi connectivity index (χ1n) is 13.3. The van der Waals surface area contributed by atoms with Crippen LogP contribution in [-0.2, 0) is 27.2 Å². The molecule has 1 aliphatic heterocycles. The van der Waals surface area contributed by atoms with Crippen molar-refractivity contribution in [2.24, 2.45) is 0 Å². The number of aryl methyl sites for hydroxylation is 1. The van der Waals surface area contributed by atoms with Crippen molar-refractivity contribution in [3.05, 3.63) is 58.7 Å². The van der Waals surface area contributed by atoms with Gasteiger partial charge in [0.05, 0.1) is 0 Å². The minimum atomic E-state index is -0.898. The molecule has 0 radical (unpaired) electrons. The van der Waals surface area contributed by atoms with Crippen LogP contribution in [0.2, 0.25) is 0 Å². The summed E-state index contributed by atoms with van der Waals surface area (Å²) in [6.45, 7) is 8.12. The molecule has 10 nitrogen and oxygen atoms in total. The van der Waals surface area contributed by atoms with E-state index in [-0.39, 0.29) is 24.2 Å². The lowest BCUT2D eigenvalue weighted by molar-refractivity contribution is -0.132. The number of nitrogens with zero attached hydrogens (tertiary/aromatic N) is 4. The number of Topliss-reactive ketones (excluding diaryl/α,β-unsaturated/α-hetero) is 1. The number of aromatic nitrogens is 3. The topological polar surface area (TPSA) is 132 Å². The Balaban J connectivity index is 1.34. The molecule has 2 aromatic carbocycles. The monoisotopic (exact) mass is 532 g/mol. The first-order valence-corrected chi connectivity index (χ1v) is 13.3. The van der Waals surface area contributed by atoms with Crippen LogP contribution in [0.25, 0.3) is 11.0 Å². The lowest BCUT2D eigenvalue weighted by Crippen LogP contribution is -2.49. The summed E-state index contributed by atoms with van der Waals surface area (Å²) in [5.74, 6) is -0.226. The van der Waals surface area contributed by atoms with Gasteiger partial charge in [0.2, 0.25) is 5.91 Å². The van der Waals surface area contributed by atoms with Gasteiger partial charge in [-0.1, -0.05) is 30.3 Å². The summed E-state index contributed by atoms with van der Waals surface area (Å²) in [4.78, 5) is 41.3. The zero-order valence-electron chi connectivity index (χ0n) is 23.0. The minimum Gasteiger partial charge on any atom is -0.438 e. The number of nitrogens with one attached hydrogen (secondary N) is 2. The number of likely N-dealkylation sites (tertiary alicyclic amines) is 1. The predicted molar refractivity (Wildman–Crippen MR) is 148 cm³/mol. The SMILES string of the molecule is CC(=N)c1ccccc1CCN(C(C)=O)C1CCN(C(=O)O[C@H](Cc2cc(C)c3n[nH]nc3c2)C(C)=O)CC1. The van der Waals surface area contributed by atoms with E-state index in [0.29, 0.717) is 50.1 Å². The molecule has 0 spiro atoms. The van der Waals surface area contributed by atoms with Crippen LogP contribution in [0.5, 0.6) is 0 Å². The van der Waals surface area contributed by atoms with Crippen molar-refractivity contribution < 1.29 is 19.1 Å². The quantitative estimate of drug-likeness (QED) is 0.402. The second-order valence-corrected chi connectivity index (χ2v) is 10.3. The fraction of sp³-hybridized carbons (Fsp3) is 0.448. The Hall–Kier alpha value is -4.08. The molecule has 1 aromatic heterocycles. The Bertz CT molecular complexity index is 1380. The molecule has 10 heteroatoms. The van der Waals surface area contributed by atoms with Crippen LogP contribution >= 0.6 is 0 Å². The Kier molecular flexibility index (Phi) is 8.73. The molecule has 0 saturated carbocycles. The number of ether oxygens (including phenoxy) is 1. The Morgan fingerprint density at radius 2 is 1.85 bits per heavy atom.